The molecule has 0 nitrogen and oxygen atoms in total. The Balaban J connectivity index is 0. The zero-order chi connectivity index (χ0) is 0. The van der Waals surface area contributed by atoms with Crippen molar-refractivity contribution in [2.24, 2.45) is 0 Å². The predicted molar refractivity (Wildman–Crippen MR) is 17.3 cm³/mol. The first-order valence-electron chi connectivity index (χ1n) is 0. The maximum Gasteiger partial charge on any atom is 0 e. The van der Waals surface area contributed by atoms with E-state index in [1.54, 1.807) is 0 Å². The summed E-state index contributed by atoms with van der Waals surface area (Å²) >= 11 is 0. The van der Waals surface area contributed by atoms with Crippen LogP contribution in [-0.2, 0) is 26.2 Å². The van der Waals surface area contributed by atoms with Gasteiger partial charge in [0.25, 0.3) is 0 Å². The normalized spacial score (nSPS) is 0. The van der Waals surface area contributed by atoms with Crippen LogP contribution in [0.3, 0.4) is 0 Å². The van der Waals surface area contributed by atoms with Crippen molar-refractivity contribution in [3.63, 3.8) is 0 Å². The Morgan fingerprint density at radius 1 is 1.00 bits per heavy atom. The summed E-state index contributed by atoms with van der Waals surface area (Å²) in [4.78, 5) is 0. The van der Waals surface area contributed by atoms with Crippen molar-refractivity contribution in [2.45, 2.75) is 0 Å². The van der Waals surface area contributed by atoms with Crippen LogP contribution >= 0.6 is 0 Å². The van der Waals surface area contributed by atoms with Crippen molar-refractivity contribution in [3.05, 3.63) is 0 Å². The fourth-order valence-corrected chi connectivity index (χ4v) is 0. The largest absolute Gasteiger partial charge is 0 e. The predicted octanol–water partition coefficient (Wildman–Crippen LogP) is -1.14. The van der Waals surface area contributed by atoms with E-state index < -0.39 is 0 Å². The molecule has 0 spiro atoms. The van der Waals surface area contributed by atoms with Crippen LogP contribution in [0, 0.1) is 35.6 Å². The van der Waals surface area contributed by atoms with E-state index in [-0.39, 0.29) is 180 Å². The van der Waals surface area contributed by atoms with Crippen LogP contribution in [0.5, 0.6) is 0 Å². The third-order valence-corrected chi connectivity index (χ3v) is 0. The first-order valence-corrected chi connectivity index (χ1v) is 0. The van der Waals surface area contributed by atoms with E-state index in [9.17, 15) is 0 Å². The smallest absolute Gasteiger partial charge is 0 e. The Bertz CT molecular complexity index is 11.6. The minimum absolute atomic E-state index is 0. The second kappa shape index (κ2) is 22.5. The van der Waals surface area contributed by atoms with Crippen LogP contribution < -0.4 is 0 Å². The first kappa shape index (κ1) is 30.7. The topological polar surface area (TPSA) is 0 Å². The van der Waals surface area contributed by atoms with E-state index >= 15 is 0 Å². The quantitative estimate of drug-likeness (QED) is 0.322. The van der Waals surface area contributed by atoms with Gasteiger partial charge in [0.1, 0.15) is 0 Å². The molecule has 0 saturated heterocycles. The maximum atomic E-state index is 0. The van der Waals surface area contributed by atoms with Crippen molar-refractivity contribution < 1.29 is 61.8 Å². The fraction of sp³-hybridized carbons (Fsp3) is 0. The van der Waals surface area contributed by atoms with Gasteiger partial charge in [0.2, 0.25) is 0 Å². The average molecular weight is 574 g/mol. The van der Waals surface area contributed by atoms with Crippen LogP contribution in [-0.4, -0.2) is 118 Å². The van der Waals surface area contributed by atoms with E-state index in [0.29, 0.717) is 0 Å². The molecule has 0 atom stereocenters. The second-order valence-electron chi connectivity index (χ2n) is 0. The Morgan fingerprint density at radius 3 is 1.00 bits per heavy atom. The zero-order valence-corrected chi connectivity index (χ0v) is 19.8. The van der Waals surface area contributed by atoms with Crippen molar-refractivity contribution in [2.75, 3.05) is 0 Å². The van der Waals surface area contributed by atoms with Gasteiger partial charge in [-0.3, -0.25) is 0 Å². The van der Waals surface area contributed by atoms with Crippen LogP contribution in [0.1, 0.15) is 0 Å². The van der Waals surface area contributed by atoms with Gasteiger partial charge in [-0.15, -0.1) is 0 Å². The summed E-state index contributed by atoms with van der Waals surface area (Å²) in [6, 6.07) is 0. The monoisotopic (exact) mass is 575 g/mol. The molecule has 0 aliphatic heterocycles. The van der Waals surface area contributed by atoms with Crippen molar-refractivity contribution in [1.82, 2.24) is 0 Å². The number of rotatable bonds is 0. The Morgan fingerprint density at radius 2 is 1.00 bits per heavy atom. The van der Waals surface area contributed by atoms with E-state index in [0.717, 1.165) is 0 Å². The fourth-order valence-electron chi connectivity index (χ4n) is 0. The number of hydrogen-bond donors (Lipinski definition) is 0. The summed E-state index contributed by atoms with van der Waals surface area (Å²) in [5.74, 6) is 0. The van der Waals surface area contributed by atoms with Crippen LogP contribution in [0.25, 0.3) is 0 Å². The molecule has 0 aromatic rings. The van der Waals surface area contributed by atoms with E-state index in [1.807, 2.05) is 0 Å². The van der Waals surface area contributed by atoms with Crippen LogP contribution in [0.2, 0.25) is 0 Å². The molecule has 0 fully saturated rings. The SMILES string of the molecule is [Ba].[La].[Sn].[Sr].[Zr]. The maximum absolute atomic E-state index is 0. The van der Waals surface area contributed by atoms with Crippen molar-refractivity contribution >= 4 is 118 Å². The molecule has 0 aliphatic carbocycles. The van der Waals surface area contributed by atoms with Crippen LogP contribution in [0.4, 0.5) is 0 Å². The Kier molecular flexibility index (Phi) is 138. The molecule has 0 aromatic carbocycles. The molecule has 0 aromatic heterocycles. The van der Waals surface area contributed by atoms with Gasteiger partial charge in [-0.05, 0) is 0 Å². The van der Waals surface area contributed by atoms with Gasteiger partial charge in [-0.2, -0.15) is 0 Å². The van der Waals surface area contributed by atoms with Gasteiger partial charge < -0.3 is 0 Å². The second-order valence-corrected chi connectivity index (χ2v) is 0. The zero-order valence-electron chi connectivity index (χ0n) is 2.99. The van der Waals surface area contributed by atoms with Crippen LogP contribution in [0.15, 0.2) is 0 Å². The van der Waals surface area contributed by atoms with E-state index in [1.165, 1.54) is 0 Å². The summed E-state index contributed by atoms with van der Waals surface area (Å²) in [6.07, 6.45) is 0. The number of hydrogen-bond acceptors (Lipinski definition) is 0. The summed E-state index contributed by atoms with van der Waals surface area (Å²) < 4.78 is 0. The molecule has 0 N–H and O–H groups in total. The van der Waals surface area contributed by atoms with Gasteiger partial charge in [-0.25, -0.2) is 0 Å². The summed E-state index contributed by atoms with van der Waals surface area (Å²) in [7, 11) is 0. The molecule has 0 rings (SSSR count). The van der Waals surface area contributed by atoms with Gasteiger partial charge in [-0.1, -0.05) is 0 Å². The molecule has 0 bridgehead atoms. The summed E-state index contributed by atoms with van der Waals surface area (Å²) in [6.45, 7) is 0. The molecular weight excluding hydrogens is 574 g/mol. The van der Waals surface area contributed by atoms with Gasteiger partial charge in [0.05, 0.1) is 0 Å². The average Bonchev–Trinajstić information content (AvgIpc) is 0. The van der Waals surface area contributed by atoms with Crippen molar-refractivity contribution in [1.29, 1.82) is 0 Å². The Hall–Kier alpha value is 5.93. The molecule has 9 radical (unpaired) electrons. The minimum atomic E-state index is 0. The van der Waals surface area contributed by atoms with Gasteiger partial charge >= 0.3 is 0 Å². The Labute approximate surface area is 174 Å². The van der Waals surface area contributed by atoms with Gasteiger partial charge in [0, 0.05) is 180 Å². The molecule has 0 saturated carbocycles. The van der Waals surface area contributed by atoms with Crippen molar-refractivity contribution in [3.8, 4) is 0 Å². The van der Waals surface area contributed by atoms with E-state index in [4.69, 9.17) is 0 Å². The molecular formula is BaLaSnSrZr. The summed E-state index contributed by atoms with van der Waals surface area (Å²) in [5.41, 5.74) is 0. The third kappa shape index (κ3) is 17.8. The minimum Gasteiger partial charge on any atom is 0 e. The molecule has 0 heterocycles. The molecule has 0 aliphatic rings. The standard InChI is InChI=1S/Ba.La.Sn.Sr.Zr. The summed E-state index contributed by atoms with van der Waals surface area (Å²) in [5, 5.41) is 0. The molecule has 0 unspecified atom stereocenters. The first-order chi connectivity index (χ1) is 0. The van der Waals surface area contributed by atoms with E-state index in [2.05, 4.69) is 0 Å². The molecule has 15 valence electrons. The third-order valence-electron chi connectivity index (χ3n) is 0. The molecule has 5 heavy (non-hydrogen) atoms. The molecule has 0 amide bonds. The van der Waals surface area contributed by atoms with Gasteiger partial charge in [0.15, 0.2) is 0 Å². The molecule has 5 heteroatoms.